The number of rotatable bonds is 3. The second-order valence-corrected chi connectivity index (χ2v) is 7.54. The van der Waals surface area contributed by atoms with E-state index in [1.165, 1.54) is 11.1 Å². The third-order valence-corrected chi connectivity index (χ3v) is 5.46. The van der Waals surface area contributed by atoms with Gasteiger partial charge in [0.1, 0.15) is 5.69 Å². The van der Waals surface area contributed by atoms with Crippen LogP contribution in [0.25, 0.3) is 16.9 Å². The molecule has 2 aromatic carbocycles. The Labute approximate surface area is 162 Å². The van der Waals surface area contributed by atoms with E-state index in [9.17, 15) is 4.79 Å². The minimum Gasteiger partial charge on any atom is -0.301 e. The summed E-state index contributed by atoms with van der Waals surface area (Å²) in [5.41, 5.74) is 5.43. The predicted octanol–water partition coefficient (Wildman–Crippen LogP) is 3.99. The van der Waals surface area contributed by atoms with Crippen LogP contribution in [0.2, 0.25) is 0 Å². The van der Waals surface area contributed by atoms with Gasteiger partial charge in [0.15, 0.2) is 5.17 Å². The normalized spacial score (nSPS) is 13.5. The largest absolute Gasteiger partial charge is 0.301 e. The number of thioether (sulfide) groups is 1. The summed E-state index contributed by atoms with van der Waals surface area (Å²) in [5, 5.41) is 8.32. The third kappa shape index (κ3) is 3.66. The molecule has 4 rings (SSSR count). The fraction of sp³-hybridized carbons (Fsp3) is 0.190. The zero-order chi connectivity index (χ0) is 18.8. The van der Waals surface area contributed by atoms with E-state index in [0.717, 1.165) is 23.5 Å². The van der Waals surface area contributed by atoms with Crippen molar-refractivity contribution in [3.63, 3.8) is 0 Å². The second kappa shape index (κ2) is 7.40. The number of nitrogens with zero attached hydrogens (tertiary/aromatic N) is 3. The van der Waals surface area contributed by atoms with Crippen LogP contribution in [0.5, 0.6) is 0 Å². The first-order valence-electron chi connectivity index (χ1n) is 8.83. The summed E-state index contributed by atoms with van der Waals surface area (Å²) in [6.45, 7) is 4.88. The number of amides is 1. The van der Waals surface area contributed by atoms with Crippen LogP contribution in [0.1, 0.15) is 21.5 Å². The predicted molar refractivity (Wildman–Crippen MR) is 111 cm³/mol. The first kappa shape index (κ1) is 17.5. The Bertz CT molecular complexity index is 1020. The lowest BCUT2D eigenvalue weighted by molar-refractivity contribution is 0.0978. The summed E-state index contributed by atoms with van der Waals surface area (Å²) in [5.74, 6) is 0.724. The van der Waals surface area contributed by atoms with Crippen LogP contribution >= 0.6 is 11.8 Å². The maximum Gasteiger partial charge on any atom is 0.261 e. The number of carbonyl (C=O) groups excluding carboxylic acids is 1. The Balaban J connectivity index is 1.78. The molecular formula is C21H20N4OS. The number of aliphatic imine (C=N–C) groups is 1. The molecule has 6 heteroatoms. The van der Waals surface area contributed by atoms with Crippen LogP contribution < -0.4 is 5.32 Å². The van der Waals surface area contributed by atoms with Crippen LogP contribution in [-0.2, 0) is 0 Å². The first-order chi connectivity index (χ1) is 13.1. The Morgan fingerprint density at radius 2 is 1.93 bits per heavy atom. The molecule has 2 heterocycles. The van der Waals surface area contributed by atoms with Gasteiger partial charge in [-0.1, -0.05) is 42.1 Å². The fourth-order valence-corrected chi connectivity index (χ4v) is 3.65. The van der Waals surface area contributed by atoms with Crippen LogP contribution in [-0.4, -0.2) is 33.2 Å². The lowest BCUT2D eigenvalue weighted by atomic mass is 10.0. The topological polar surface area (TPSA) is 59.3 Å². The molecule has 1 amide bonds. The number of benzene rings is 2. The van der Waals surface area contributed by atoms with E-state index < -0.39 is 0 Å². The van der Waals surface area contributed by atoms with Crippen molar-refractivity contribution in [2.45, 2.75) is 13.8 Å². The molecule has 0 saturated carbocycles. The third-order valence-electron chi connectivity index (χ3n) is 4.57. The van der Waals surface area contributed by atoms with Crippen molar-refractivity contribution in [1.82, 2.24) is 15.1 Å². The molecule has 0 spiro atoms. The van der Waals surface area contributed by atoms with Crippen molar-refractivity contribution in [3.05, 3.63) is 71.4 Å². The monoisotopic (exact) mass is 376 g/mol. The van der Waals surface area contributed by atoms with Crippen molar-refractivity contribution in [2.75, 3.05) is 12.3 Å². The van der Waals surface area contributed by atoms with Crippen LogP contribution in [0.3, 0.4) is 0 Å². The Kier molecular flexibility index (Phi) is 4.81. The van der Waals surface area contributed by atoms with Crippen molar-refractivity contribution in [1.29, 1.82) is 0 Å². The quantitative estimate of drug-likeness (QED) is 0.752. The molecule has 0 radical (unpaired) electrons. The van der Waals surface area contributed by atoms with E-state index in [-0.39, 0.29) is 5.91 Å². The van der Waals surface area contributed by atoms with E-state index in [4.69, 9.17) is 5.10 Å². The van der Waals surface area contributed by atoms with E-state index in [0.29, 0.717) is 16.4 Å². The van der Waals surface area contributed by atoms with Crippen molar-refractivity contribution < 1.29 is 4.79 Å². The van der Waals surface area contributed by atoms with Crippen molar-refractivity contribution >= 4 is 22.8 Å². The van der Waals surface area contributed by atoms with E-state index in [1.807, 2.05) is 36.4 Å². The van der Waals surface area contributed by atoms with Crippen LogP contribution in [0, 0.1) is 13.8 Å². The lowest BCUT2D eigenvalue weighted by Gasteiger charge is -2.06. The average molecular weight is 376 g/mol. The van der Waals surface area contributed by atoms with Gasteiger partial charge in [0.25, 0.3) is 5.91 Å². The number of para-hydroxylation sites is 1. The highest BCUT2D eigenvalue weighted by Gasteiger charge is 2.21. The second-order valence-electron chi connectivity index (χ2n) is 6.46. The van der Waals surface area contributed by atoms with Gasteiger partial charge >= 0.3 is 0 Å². The molecule has 0 aliphatic carbocycles. The number of aryl methyl sites for hydroxylation is 2. The highest BCUT2D eigenvalue weighted by Crippen LogP contribution is 2.26. The van der Waals surface area contributed by atoms with Gasteiger partial charge in [-0.15, -0.1) is 0 Å². The maximum atomic E-state index is 12.9. The molecule has 1 N–H and O–H groups in total. The van der Waals surface area contributed by atoms with Crippen molar-refractivity contribution in [2.24, 2.45) is 4.99 Å². The molecule has 0 fully saturated rings. The standard InChI is InChI=1S/C21H20N4OS/c1-14-8-9-16(12-15(14)2)19-18(20(26)23-21-22-10-11-27-21)13-25(24-19)17-6-4-3-5-7-17/h3-9,12-13H,10-11H2,1-2H3,(H,22,23,26). The fourth-order valence-electron chi connectivity index (χ4n) is 2.93. The molecule has 0 bridgehead atoms. The van der Waals surface area contributed by atoms with Gasteiger partial charge < -0.3 is 5.32 Å². The molecule has 136 valence electrons. The first-order valence-corrected chi connectivity index (χ1v) is 9.82. The zero-order valence-corrected chi connectivity index (χ0v) is 16.1. The van der Waals surface area contributed by atoms with Gasteiger partial charge in [-0.25, -0.2) is 4.68 Å². The average Bonchev–Trinajstić information content (AvgIpc) is 3.34. The number of nitrogens with one attached hydrogen (secondary N) is 1. The minimum absolute atomic E-state index is 0.182. The smallest absolute Gasteiger partial charge is 0.261 e. The summed E-state index contributed by atoms with van der Waals surface area (Å²) >= 11 is 1.57. The molecule has 1 aliphatic heterocycles. The van der Waals surface area contributed by atoms with E-state index in [1.54, 1.807) is 22.6 Å². The van der Waals surface area contributed by atoms with E-state index >= 15 is 0 Å². The number of hydrogen-bond donors (Lipinski definition) is 1. The Morgan fingerprint density at radius 3 is 2.63 bits per heavy atom. The molecule has 1 aromatic heterocycles. The lowest BCUT2D eigenvalue weighted by Crippen LogP contribution is -2.27. The maximum absolute atomic E-state index is 12.9. The Morgan fingerprint density at radius 1 is 1.11 bits per heavy atom. The van der Waals surface area contributed by atoms with E-state index in [2.05, 4.69) is 36.3 Å². The van der Waals surface area contributed by atoms with Gasteiger partial charge in [0, 0.05) is 17.5 Å². The molecule has 27 heavy (non-hydrogen) atoms. The molecule has 1 aliphatic rings. The molecule has 0 atom stereocenters. The molecule has 0 unspecified atom stereocenters. The zero-order valence-electron chi connectivity index (χ0n) is 15.3. The van der Waals surface area contributed by atoms with Gasteiger partial charge in [0.05, 0.1) is 17.8 Å². The summed E-state index contributed by atoms with van der Waals surface area (Å²) in [6.07, 6.45) is 1.79. The van der Waals surface area contributed by atoms with Crippen LogP contribution in [0.15, 0.2) is 59.7 Å². The number of amidine groups is 1. The van der Waals surface area contributed by atoms with Gasteiger partial charge in [0.2, 0.25) is 0 Å². The highest BCUT2D eigenvalue weighted by molar-refractivity contribution is 8.14. The molecular weight excluding hydrogens is 356 g/mol. The summed E-state index contributed by atoms with van der Waals surface area (Å²) in [6, 6.07) is 16.0. The molecule has 5 nitrogen and oxygen atoms in total. The Hall–Kier alpha value is -2.86. The van der Waals surface area contributed by atoms with Gasteiger partial charge in [-0.2, -0.15) is 5.10 Å². The van der Waals surface area contributed by atoms with Crippen LogP contribution in [0.4, 0.5) is 0 Å². The molecule has 0 saturated heterocycles. The number of hydrogen-bond acceptors (Lipinski definition) is 4. The molecule has 3 aromatic rings. The minimum atomic E-state index is -0.182. The SMILES string of the molecule is Cc1ccc(-c2nn(-c3ccccc3)cc2C(=O)NC2=NCCS2)cc1C. The summed E-state index contributed by atoms with van der Waals surface area (Å²) in [4.78, 5) is 17.2. The van der Waals surface area contributed by atoms with Crippen molar-refractivity contribution in [3.8, 4) is 16.9 Å². The number of carbonyl (C=O) groups is 1. The van der Waals surface area contributed by atoms with Gasteiger partial charge in [-0.3, -0.25) is 9.79 Å². The summed E-state index contributed by atoms with van der Waals surface area (Å²) in [7, 11) is 0. The number of aromatic nitrogens is 2. The summed E-state index contributed by atoms with van der Waals surface area (Å²) < 4.78 is 1.75. The van der Waals surface area contributed by atoms with Gasteiger partial charge in [-0.05, 0) is 43.2 Å². The highest BCUT2D eigenvalue weighted by atomic mass is 32.2.